The van der Waals surface area contributed by atoms with E-state index in [0.717, 1.165) is 6.42 Å². The summed E-state index contributed by atoms with van der Waals surface area (Å²) < 4.78 is 0. The van der Waals surface area contributed by atoms with Crippen LogP contribution in [0.25, 0.3) is 0 Å². The molecule has 3 nitrogen and oxygen atoms in total. The predicted molar refractivity (Wildman–Crippen MR) is 77.5 cm³/mol. The molecule has 1 N–H and O–H groups in total. The molecule has 2 rings (SSSR count). The molecule has 1 atom stereocenters. The third-order valence-electron chi connectivity index (χ3n) is 2.89. The van der Waals surface area contributed by atoms with Gasteiger partial charge in [-0.1, -0.05) is 47.4 Å². The lowest BCUT2D eigenvalue weighted by Crippen LogP contribution is -2.41. The molecule has 0 fully saturated rings. The lowest BCUT2D eigenvalue weighted by atomic mass is 10.0. The Balaban J connectivity index is 0. The first-order valence-corrected chi connectivity index (χ1v) is 5.23. The van der Waals surface area contributed by atoms with Crippen LogP contribution >= 0.6 is 0 Å². The minimum absolute atomic E-state index is 0. The molecule has 18 heavy (non-hydrogen) atoms. The van der Waals surface area contributed by atoms with Gasteiger partial charge in [-0.2, -0.15) is 0 Å². The number of aliphatic hydroxyl groups is 1. The van der Waals surface area contributed by atoms with E-state index in [2.05, 4.69) is 0 Å². The van der Waals surface area contributed by atoms with Gasteiger partial charge < -0.3 is 10.0 Å². The van der Waals surface area contributed by atoms with E-state index in [4.69, 9.17) is 0 Å². The molecule has 1 heterocycles. The van der Waals surface area contributed by atoms with Crippen molar-refractivity contribution in [1.29, 1.82) is 0 Å². The Bertz CT molecular complexity index is 399. The standard InChI is InChI=1S/C12H15NO2.3CH4/c1-3-8-13-11(14)9-6-4-5-7-10(9)12(13,2)15;;;/h4-7,15H,3,8H2,1-2H3;3*1H4. The highest BCUT2D eigenvalue weighted by Gasteiger charge is 2.43. The second-order valence-electron chi connectivity index (χ2n) is 4.02. The normalized spacial score (nSPS) is 20.4. The van der Waals surface area contributed by atoms with E-state index in [0.29, 0.717) is 17.7 Å². The van der Waals surface area contributed by atoms with Gasteiger partial charge in [-0.3, -0.25) is 4.79 Å². The molecule has 0 saturated heterocycles. The van der Waals surface area contributed by atoms with E-state index in [-0.39, 0.29) is 28.2 Å². The smallest absolute Gasteiger partial charge is 0.256 e. The number of carbonyl (C=O) groups excluding carboxylic acids is 1. The molecule has 0 saturated carbocycles. The van der Waals surface area contributed by atoms with Crippen LogP contribution in [0.4, 0.5) is 0 Å². The number of benzene rings is 1. The van der Waals surface area contributed by atoms with Crippen molar-refractivity contribution < 1.29 is 9.90 Å². The van der Waals surface area contributed by atoms with Gasteiger partial charge in [-0.15, -0.1) is 0 Å². The molecule has 1 amide bonds. The average molecular weight is 253 g/mol. The van der Waals surface area contributed by atoms with Gasteiger partial charge in [-0.25, -0.2) is 0 Å². The maximum Gasteiger partial charge on any atom is 0.256 e. The quantitative estimate of drug-likeness (QED) is 0.874. The van der Waals surface area contributed by atoms with Crippen LogP contribution in [-0.4, -0.2) is 22.5 Å². The van der Waals surface area contributed by atoms with Crippen LogP contribution in [0.2, 0.25) is 0 Å². The first kappa shape index (κ1) is 19.0. The van der Waals surface area contributed by atoms with Crippen LogP contribution in [0.5, 0.6) is 0 Å². The van der Waals surface area contributed by atoms with Gasteiger partial charge in [0.2, 0.25) is 0 Å². The summed E-state index contributed by atoms with van der Waals surface area (Å²) in [6, 6.07) is 7.24. The second-order valence-corrected chi connectivity index (χ2v) is 4.02. The molecular formula is C15H27NO2. The molecule has 104 valence electrons. The largest absolute Gasteiger partial charge is 0.367 e. The first-order valence-electron chi connectivity index (χ1n) is 5.23. The molecule has 0 bridgehead atoms. The molecule has 1 aromatic carbocycles. The maximum atomic E-state index is 12.0. The topological polar surface area (TPSA) is 40.5 Å². The monoisotopic (exact) mass is 253 g/mol. The highest BCUT2D eigenvalue weighted by atomic mass is 16.3. The Morgan fingerprint density at radius 2 is 1.78 bits per heavy atom. The fraction of sp³-hybridized carbons (Fsp3) is 0.533. The Hall–Kier alpha value is -1.35. The number of rotatable bonds is 2. The van der Waals surface area contributed by atoms with Crippen molar-refractivity contribution >= 4 is 5.91 Å². The van der Waals surface area contributed by atoms with Gasteiger partial charge in [0, 0.05) is 17.7 Å². The van der Waals surface area contributed by atoms with Gasteiger partial charge in [0.15, 0.2) is 5.72 Å². The van der Waals surface area contributed by atoms with Crippen molar-refractivity contribution in [2.75, 3.05) is 6.54 Å². The van der Waals surface area contributed by atoms with Gasteiger partial charge in [0.05, 0.1) is 0 Å². The van der Waals surface area contributed by atoms with Gasteiger partial charge in [-0.05, 0) is 19.4 Å². The summed E-state index contributed by atoms with van der Waals surface area (Å²) in [6.45, 7) is 4.25. The van der Waals surface area contributed by atoms with Crippen LogP contribution in [-0.2, 0) is 5.72 Å². The summed E-state index contributed by atoms with van der Waals surface area (Å²) in [7, 11) is 0. The van der Waals surface area contributed by atoms with Crippen molar-refractivity contribution in [3.63, 3.8) is 0 Å². The van der Waals surface area contributed by atoms with E-state index < -0.39 is 5.72 Å². The lowest BCUT2D eigenvalue weighted by molar-refractivity contribution is -0.0683. The molecule has 0 spiro atoms. The number of hydrogen-bond acceptors (Lipinski definition) is 2. The highest BCUT2D eigenvalue weighted by Crippen LogP contribution is 2.36. The molecular weight excluding hydrogens is 226 g/mol. The van der Waals surface area contributed by atoms with Gasteiger partial charge in [0.25, 0.3) is 5.91 Å². The van der Waals surface area contributed by atoms with Crippen molar-refractivity contribution in [3.05, 3.63) is 35.4 Å². The summed E-state index contributed by atoms with van der Waals surface area (Å²) in [5, 5.41) is 10.3. The molecule has 0 radical (unpaired) electrons. The Morgan fingerprint density at radius 1 is 1.22 bits per heavy atom. The molecule has 1 unspecified atom stereocenters. The second kappa shape index (κ2) is 6.55. The number of carbonyl (C=O) groups is 1. The summed E-state index contributed by atoms with van der Waals surface area (Å²) in [6.07, 6.45) is 0.843. The average Bonchev–Trinajstić information content (AvgIpc) is 2.41. The number of amides is 1. The molecule has 0 aromatic heterocycles. The Morgan fingerprint density at radius 3 is 2.28 bits per heavy atom. The molecule has 1 aromatic rings. The summed E-state index contributed by atoms with van der Waals surface area (Å²) in [4.78, 5) is 13.5. The van der Waals surface area contributed by atoms with Crippen LogP contribution in [0.15, 0.2) is 24.3 Å². The van der Waals surface area contributed by atoms with E-state index in [1.807, 2.05) is 25.1 Å². The van der Waals surface area contributed by atoms with Gasteiger partial charge in [0.1, 0.15) is 0 Å². The fourth-order valence-electron chi connectivity index (χ4n) is 2.11. The Labute approximate surface area is 111 Å². The first-order chi connectivity index (χ1) is 7.09. The molecule has 1 aliphatic heterocycles. The fourth-order valence-corrected chi connectivity index (χ4v) is 2.11. The summed E-state index contributed by atoms with van der Waals surface area (Å²) in [5.41, 5.74) is 0.184. The maximum absolute atomic E-state index is 12.0. The van der Waals surface area contributed by atoms with Crippen LogP contribution in [0.3, 0.4) is 0 Å². The zero-order valence-electron chi connectivity index (χ0n) is 9.03. The number of nitrogens with zero attached hydrogens (tertiary/aromatic N) is 1. The van der Waals surface area contributed by atoms with Crippen molar-refractivity contribution in [1.82, 2.24) is 4.90 Å². The van der Waals surface area contributed by atoms with E-state index >= 15 is 0 Å². The number of fused-ring (bicyclic) bond motifs is 1. The van der Waals surface area contributed by atoms with Gasteiger partial charge >= 0.3 is 0 Å². The minimum atomic E-state index is -1.15. The predicted octanol–water partition coefficient (Wildman–Crippen LogP) is 3.63. The third-order valence-corrected chi connectivity index (χ3v) is 2.89. The minimum Gasteiger partial charge on any atom is -0.367 e. The number of hydrogen-bond donors (Lipinski definition) is 1. The van der Waals surface area contributed by atoms with E-state index in [1.54, 1.807) is 13.0 Å². The Kier molecular flexibility index (Phi) is 6.91. The zero-order valence-corrected chi connectivity index (χ0v) is 9.03. The zero-order chi connectivity index (χ0) is 11.1. The summed E-state index contributed by atoms with van der Waals surface area (Å²) >= 11 is 0. The molecule has 0 aliphatic carbocycles. The molecule has 1 aliphatic rings. The van der Waals surface area contributed by atoms with Crippen molar-refractivity contribution in [3.8, 4) is 0 Å². The third kappa shape index (κ3) is 2.56. The van der Waals surface area contributed by atoms with Crippen molar-refractivity contribution in [2.24, 2.45) is 0 Å². The van der Waals surface area contributed by atoms with Crippen molar-refractivity contribution in [2.45, 2.75) is 48.3 Å². The lowest BCUT2D eigenvalue weighted by Gasteiger charge is -2.30. The van der Waals surface area contributed by atoms with Crippen LogP contribution in [0, 0.1) is 0 Å². The SMILES string of the molecule is C.C.C.CCCN1C(=O)c2ccccc2C1(C)O. The summed E-state index contributed by atoms with van der Waals surface area (Å²) in [5.74, 6) is -0.0718. The highest BCUT2D eigenvalue weighted by molar-refractivity contribution is 5.99. The van der Waals surface area contributed by atoms with E-state index in [1.165, 1.54) is 4.90 Å². The van der Waals surface area contributed by atoms with E-state index in [9.17, 15) is 9.90 Å². The van der Waals surface area contributed by atoms with Crippen LogP contribution < -0.4 is 0 Å². The molecule has 3 heteroatoms. The van der Waals surface area contributed by atoms with Crippen LogP contribution in [0.1, 0.15) is 58.5 Å².